The van der Waals surface area contributed by atoms with Crippen molar-refractivity contribution in [3.63, 3.8) is 0 Å². The molecular formula is C18H29N3O2. The normalized spacial score (nSPS) is 16.8. The van der Waals surface area contributed by atoms with Crippen LogP contribution in [0.25, 0.3) is 0 Å². The Hall–Kier alpha value is -1.59. The van der Waals surface area contributed by atoms with Crippen molar-refractivity contribution < 1.29 is 9.53 Å². The summed E-state index contributed by atoms with van der Waals surface area (Å²) in [6.45, 7) is 6.01. The van der Waals surface area contributed by atoms with Crippen LogP contribution < -0.4 is 10.2 Å². The lowest BCUT2D eigenvalue weighted by atomic mass is 10.0. The van der Waals surface area contributed by atoms with E-state index in [4.69, 9.17) is 4.74 Å². The summed E-state index contributed by atoms with van der Waals surface area (Å²) >= 11 is 0. The molecule has 0 aromatic heterocycles. The molecule has 0 saturated carbocycles. The third-order valence-electron chi connectivity index (χ3n) is 4.25. The number of carbonyl (C=O) groups is 1. The first-order valence-corrected chi connectivity index (χ1v) is 8.47. The highest BCUT2D eigenvalue weighted by atomic mass is 16.5. The molecule has 1 fully saturated rings. The summed E-state index contributed by atoms with van der Waals surface area (Å²) in [7, 11) is 4.08. The smallest absolute Gasteiger partial charge is 0.220 e. The monoisotopic (exact) mass is 319 g/mol. The minimum absolute atomic E-state index is 0.135. The van der Waals surface area contributed by atoms with Gasteiger partial charge in [-0.2, -0.15) is 0 Å². The minimum atomic E-state index is 0.135. The summed E-state index contributed by atoms with van der Waals surface area (Å²) < 4.78 is 5.46. The Kier molecular flexibility index (Phi) is 6.86. The number of morpholine rings is 1. The number of anilines is 1. The molecule has 0 bridgehead atoms. The first kappa shape index (κ1) is 17.8. The maximum Gasteiger partial charge on any atom is 0.220 e. The molecule has 1 heterocycles. The summed E-state index contributed by atoms with van der Waals surface area (Å²) in [5.74, 6) is 0.135. The molecule has 0 radical (unpaired) electrons. The van der Waals surface area contributed by atoms with Crippen LogP contribution in [0, 0.1) is 0 Å². The lowest BCUT2D eigenvalue weighted by molar-refractivity contribution is -0.121. The largest absolute Gasteiger partial charge is 0.379 e. The lowest BCUT2D eigenvalue weighted by Crippen LogP contribution is -2.43. The van der Waals surface area contributed by atoms with Gasteiger partial charge < -0.3 is 15.0 Å². The van der Waals surface area contributed by atoms with Crippen LogP contribution in [-0.2, 0) is 9.53 Å². The zero-order valence-corrected chi connectivity index (χ0v) is 14.5. The third-order valence-corrected chi connectivity index (χ3v) is 4.25. The van der Waals surface area contributed by atoms with Gasteiger partial charge in [-0.25, -0.2) is 0 Å². The average Bonchev–Trinajstić information content (AvgIpc) is 2.57. The van der Waals surface area contributed by atoms with Gasteiger partial charge in [0.05, 0.1) is 19.3 Å². The van der Waals surface area contributed by atoms with Gasteiger partial charge in [-0.05, 0) is 24.1 Å². The van der Waals surface area contributed by atoms with E-state index in [9.17, 15) is 4.79 Å². The number of benzene rings is 1. The molecule has 1 aromatic carbocycles. The first-order chi connectivity index (χ1) is 11.1. The minimum Gasteiger partial charge on any atom is -0.379 e. The topological polar surface area (TPSA) is 44.8 Å². The molecule has 128 valence electrons. The van der Waals surface area contributed by atoms with Gasteiger partial charge in [-0.3, -0.25) is 9.69 Å². The number of hydrogen-bond donors (Lipinski definition) is 1. The highest BCUT2D eigenvalue weighted by Gasteiger charge is 2.23. The second kappa shape index (κ2) is 8.89. The second-order valence-corrected chi connectivity index (χ2v) is 6.20. The number of hydrogen-bond acceptors (Lipinski definition) is 4. The quantitative estimate of drug-likeness (QED) is 0.835. The summed E-state index contributed by atoms with van der Waals surface area (Å²) in [5.41, 5.74) is 2.43. The van der Waals surface area contributed by atoms with E-state index >= 15 is 0 Å². The van der Waals surface area contributed by atoms with E-state index in [-0.39, 0.29) is 11.9 Å². The Morgan fingerprint density at radius 3 is 2.48 bits per heavy atom. The molecular weight excluding hydrogens is 290 g/mol. The number of nitrogens with one attached hydrogen (secondary N) is 1. The molecule has 0 aliphatic carbocycles. The zero-order chi connectivity index (χ0) is 16.7. The average molecular weight is 319 g/mol. The fourth-order valence-electron chi connectivity index (χ4n) is 2.87. The molecule has 1 aliphatic rings. The van der Waals surface area contributed by atoms with Gasteiger partial charge in [0, 0.05) is 45.8 Å². The Balaban J connectivity index is 2.09. The van der Waals surface area contributed by atoms with Crippen molar-refractivity contribution in [2.75, 3.05) is 51.8 Å². The fourth-order valence-corrected chi connectivity index (χ4v) is 2.87. The molecule has 1 N–H and O–H groups in total. The molecule has 1 aromatic rings. The van der Waals surface area contributed by atoms with Gasteiger partial charge in [0.15, 0.2) is 0 Å². The SMILES string of the molecule is CCCC(=O)NC[C@@H](c1ccc(N(C)C)cc1)N1CCOCC1. The van der Waals surface area contributed by atoms with Gasteiger partial charge in [0.1, 0.15) is 0 Å². The van der Waals surface area contributed by atoms with Crippen LogP contribution in [0.5, 0.6) is 0 Å². The molecule has 1 atom stereocenters. The Morgan fingerprint density at radius 1 is 1.26 bits per heavy atom. The number of rotatable bonds is 7. The Labute approximate surface area is 139 Å². The van der Waals surface area contributed by atoms with Gasteiger partial charge in [0.2, 0.25) is 5.91 Å². The highest BCUT2D eigenvalue weighted by molar-refractivity contribution is 5.75. The molecule has 1 aliphatic heterocycles. The maximum atomic E-state index is 11.8. The van der Waals surface area contributed by atoms with Crippen molar-refractivity contribution in [2.45, 2.75) is 25.8 Å². The molecule has 2 rings (SSSR count). The number of carbonyl (C=O) groups excluding carboxylic acids is 1. The van der Waals surface area contributed by atoms with Crippen molar-refractivity contribution in [1.82, 2.24) is 10.2 Å². The molecule has 1 amide bonds. The van der Waals surface area contributed by atoms with Crippen LogP contribution in [-0.4, -0.2) is 57.8 Å². The van der Waals surface area contributed by atoms with Crippen molar-refractivity contribution in [3.8, 4) is 0 Å². The van der Waals surface area contributed by atoms with E-state index in [0.29, 0.717) is 13.0 Å². The van der Waals surface area contributed by atoms with Crippen LogP contribution in [0.1, 0.15) is 31.4 Å². The van der Waals surface area contributed by atoms with E-state index in [1.165, 1.54) is 11.3 Å². The molecule has 1 saturated heterocycles. The number of ether oxygens (including phenoxy) is 1. The maximum absolute atomic E-state index is 11.8. The summed E-state index contributed by atoms with van der Waals surface area (Å²) in [5, 5.41) is 3.08. The van der Waals surface area contributed by atoms with E-state index in [2.05, 4.69) is 39.4 Å². The first-order valence-electron chi connectivity index (χ1n) is 8.47. The van der Waals surface area contributed by atoms with E-state index in [1.54, 1.807) is 0 Å². The predicted molar refractivity (Wildman–Crippen MR) is 93.8 cm³/mol. The van der Waals surface area contributed by atoms with Gasteiger partial charge in [-0.15, -0.1) is 0 Å². The van der Waals surface area contributed by atoms with E-state index in [1.807, 2.05) is 21.0 Å². The van der Waals surface area contributed by atoms with Gasteiger partial charge >= 0.3 is 0 Å². The summed E-state index contributed by atoms with van der Waals surface area (Å²) in [4.78, 5) is 16.3. The van der Waals surface area contributed by atoms with E-state index in [0.717, 1.165) is 32.7 Å². The van der Waals surface area contributed by atoms with Crippen molar-refractivity contribution in [3.05, 3.63) is 29.8 Å². The van der Waals surface area contributed by atoms with Crippen LogP contribution in [0.4, 0.5) is 5.69 Å². The third kappa shape index (κ3) is 5.22. The van der Waals surface area contributed by atoms with Crippen molar-refractivity contribution in [1.29, 1.82) is 0 Å². The van der Waals surface area contributed by atoms with Gasteiger partial charge in [0.25, 0.3) is 0 Å². The molecule has 0 spiro atoms. The molecule has 23 heavy (non-hydrogen) atoms. The molecule has 5 heteroatoms. The zero-order valence-electron chi connectivity index (χ0n) is 14.5. The van der Waals surface area contributed by atoms with Crippen LogP contribution in [0.3, 0.4) is 0 Å². The standard InChI is InChI=1S/C18H29N3O2/c1-4-5-18(22)19-14-17(21-10-12-23-13-11-21)15-6-8-16(9-7-15)20(2)3/h6-9,17H,4-5,10-14H2,1-3H3,(H,19,22)/t17-/m0/s1. The summed E-state index contributed by atoms with van der Waals surface area (Å²) in [6.07, 6.45) is 1.47. The number of nitrogens with zero attached hydrogens (tertiary/aromatic N) is 2. The van der Waals surface area contributed by atoms with E-state index < -0.39 is 0 Å². The predicted octanol–water partition coefficient (Wildman–Crippen LogP) is 2.04. The number of amides is 1. The van der Waals surface area contributed by atoms with Crippen molar-refractivity contribution >= 4 is 11.6 Å². The van der Waals surface area contributed by atoms with Crippen molar-refractivity contribution in [2.24, 2.45) is 0 Å². The second-order valence-electron chi connectivity index (χ2n) is 6.20. The molecule has 5 nitrogen and oxygen atoms in total. The lowest BCUT2D eigenvalue weighted by Gasteiger charge is -2.35. The summed E-state index contributed by atoms with van der Waals surface area (Å²) in [6, 6.07) is 8.81. The Bertz CT molecular complexity index is 482. The molecule has 0 unspecified atom stereocenters. The van der Waals surface area contributed by atoms with Crippen LogP contribution in [0.15, 0.2) is 24.3 Å². The highest BCUT2D eigenvalue weighted by Crippen LogP contribution is 2.23. The van der Waals surface area contributed by atoms with Gasteiger partial charge in [-0.1, -0.05) is 19.1 Å². The fraction of sp³-hybridized carbons (Fsp3) is 0.611. The van der Waals surface area contributed by atoms with Crippen LogP contribution in [0.2, 0.25) is 0 Å². The Morgan fingerprint density at radius 2 is 1.91 bits per heavy atom. The van der Waals surface area contributed by atoms with Crippen LogP contribution >= 0.6 is 0 Å².